The molecule has 3 atom stereocenters. The average molecular weight is 358 g/mol. The molecule has 7 nitrogen and oxygen atoms in total. The number of carbonyl (C=O) groups is 3. The monoisotopic (exact) mass is 358 g/mol. The van der Waals surface area contributed by atoms with Gasteiger partial charge in [-0.05, 0) is 6.42 Å². The second-order valence-corrected chi connectivity index (χ2v) is 6.81. The van der Waals surface area contributed by atoms with Gasteiger partial charge < -0.3 is 20.1 Å². The van der Waals surface area contributed by atoms with Crippen LogP contribution in [0.15, 0.2) is 0 Å². The zero-order valence-electron chi connectivity index (χ0n) is 14.9. The maximum Gasteiger partial charge on any atom is 0.348 e. The Labute approximate surface area is 148 Å². The van der Waals surface area contributed by atoms with Crippen LogP contribution in [0.25, 0.3) is 0 Å². The van der Waals surface area contributed by atoms with E-state index in [0.717, 1.165) is 25.7 Å². The van der Waals surface area contributed by atoms with E-state index in [2.05, 4.69) is 11.7 Å². The highest BCUT2D eigenvalue weighted by atomic mass is 16.6. The molecule has 0 bridgehead atoms. The summed E-state index contributed by atoms with van der Waals surface area (Å²) in [6.45, 7) is 2.18. The lowest BCUT2D eigenvalue weighted by atomic mass is 9.82. The Morgan fingerprint density at radius 2 is 1.44 bits per heavy atom. The van der Waals surface area contributed by atoms with Gasteiger partial charge >= 0.3 is 17.9 Å². The van der Waals surface area contributed by atoms with Crippen molar-refractivity contribution < 1.29 is 34.4 Å². The van der Waals surface area contributed by atoms with E-state index in [4.69, 9.17) is 5.11 Å². The number of rotatable bonds is 13. The number of carbonyl (C=O) groups excluding carboxylic acids is 1. The van der Waals surface area contributed by atoms with E-state index >= 15 is 0 Å². The van der Waals surface area contributed by atoms with Crippen molar-refractivity contribution in [2.45, 2.75) is 89.3 Å². The van der Waals surface area contributed by atoms with E-state index in [1.54, 1.807) is 0 Å². The summed E-state index contributed by atoms with van der Waals surface area (Å²) < 4.78 is 4.59. The molecule has 1 fully saturated rings. The first-order valence-electron chi connectivity index (χ1n) is 9.24. The first-order chi connectivity index (χ1) is 11.9. The summed E-state index contributed by atoms with van der Waals surface area (Å²) in [5.74, 6) is -5.67. The van der Waals surface area contributed by atoms with Crippen molar-refractivity contribution in [1.29, 1.82) is 0 Å². The molecule has 1 saturated heterocycles. The highest BCUT2D eigenvalue weighted by Crippen LogP contribution is 2.37. The van der Waals surface area contributed by atoms with Gasteiger partial charge in [-0.25, -0.2) is 9.59 Å². The van der Waals surface area contributed by atoms with Crippen molar-refractivity contribution in [1.82, 2.24) is 0 Å². The summed E-state index contributed by atoms with van der Waals surface area (Å²) in [4.78, 5) is 34.2. The summed E-state index contributed by atoms with van der Waals surface area (Å²) in [5.41, 5.74) is -2.69. The van der Waals surface area contributed by atoms with Gasteiger partial charge in [0.2, 0.25) is 11.7 Å². The highest BCUT2D eigenvalue weighted by Gasteiger charge is 2.64. The number of hydrogen-bond donors (Lipinski definition) is 3. The Hall–Kier alpha value is -1.63. The first-order valence-corrected chi connectivity index (χ1v) is 9.24. The summed E-state index contributed by atoms with van der Waals surface area (Å²) >= 11 is 0. The molecular formula is C18H30O7. The normalized spacial score (nSPS) is 25.8. The zero-order chi connectivity index (χ0) is 18.9. The van der Waals surface area contributed by atoms with Crippen LogP contribution in [0, 0.1) is 5.92 Å². The van der Waals surface area contributed by atoms with Crippen molar-refractivity contribution >= 4 is 17.9 Å². The number of hydrogen-bond acceptors (Lipinski definition) is 5. The molecule has 0 unspecified atom stereocenters. The summed E-state index contributed by atoms with van der Waals surface area (Å²) in [6, 6.07) is 0. The lowest BCUT2D eigenvalue weighted by molar-refractivity contribution is -0.179. The van der Waals surface area contributed by atoms with Crippen LogP contribution in [0.1, 0.15) is 77.6 Å². The molecule has 1 heterocycles. The van der Waals surface area contributed by atoms with Crippen LogP contribution in [-0.2, 0) is 19.1 Å². The van der Waals surface area contributed by atoms with Crippen molar-refractivity contribution in [3.63, 3.8) is 0 Å². The molecule has 1 rings (SSSR count). The van der Waals surface area contributed by atoms with Crippen LogP contribution in [0.3, 0.4) is 0 Å². The first kappa shape index (κ1) is 21.4. The van der Waals surface area contributed by atoms with E-state index in [1.807, 2.05) is 0 Å². The Morgan fingerprint density at radius 3 is 1.88 bits per heavy atom. The molecule has 1 aliphatic heterocycles. The van der Waals surface area contributed by atoms with Gasteiger partial charge in [0.05, 0.1) is 0 Å². The third-order valence-corrected chi connectivity index (χ3v) is 4.86. The molecule has 0 aliphatic carbocycles. The van der Waals surface area contributed by atoms with Gasteiger partial charge in [-0.2, -0.15) is 0 Å². The van der Waals surface area contributed by atoms with E-state index in [0.29, 0.717) is 6.42 Å². The highest BCUT2D eigenvalue weighted by molar-refractivity contribution is 5.97. The maximum atomic E-state index is 11.8. The lowest BCUT2D eigenvalue weighted by Crippen LogP contribution is -2.54. The minimum absolute atomic E-state index is 0.113. The van der Waals surface area contributed by atoms with Crippen molar-refractivity contribution in [3.05, 3.63) is 0 Å². The fourth-order valence-corrected chi connectivity index (χ4v) is 3.32. The number of unbranched alkanes of at least 4 members (excludes halogenated alkanes) is 9. The number of carboxylic acid groups (broad SMARTS) is 2. The number of esters is 1. The Morgan fingerprint density at radius 1 is 0.960 bits per heavy atom. The van der Waals surface area contributed by atoms with Gasteiger partial charge in [-0.15, -0.1) is 0 Å². The zero-order valence-corrected chi connectivity index (χ0v) is 14.9. The van der Waals surface area contributed by atoms with Gasteiger partial charge in [0.25, 0.3) is 0 Å². The molecule has 3 N–H and O–H groups in total. The van der Waals surface area contributed by atoms with Crippen LogP contribution in [0.4, 0.5) is 0 Å². The molecule has 7 heteroatoms. The number of carboxylic acids is 2. The molecule has 0 aromatic carbocycles. The van der Waals surface area contributed by atoms with Crippen LogP contribution in [-0.4, -0.2) is 44.9 Å². The molecule has 0 spiro atoms. The fourth-order valence-electron chi connectivity index (χ4n) is 3.32. The van der Waals surface area contributed by atoms with Crippen molar-refractivity contribution in [2.24, 2.45) is 5.92 Å². The van der Waals surface area contributed by atoms with Crippen molar-refractivity contribution in [2.75, 3.05) is 0 Å². The van der Waals surface area contributed by atoms with Gasteiger partial charge in [0, 0.05) is 0 Å². The van der Waals surface area contributed by atoms with Gasteiger partial charge in [0.1, 0.15) is 5.92 Å². The molecule has 0 radical (unpaired) electrons. The minimum atomic E-state index is -2.69. The molecule has 0 saturated carbocycles. The topological polar surface area (TPSA) is 121 Å². The smallest absolute Gasteiger partial charge is 0.348 e. The third-order valence-electron chi connectivity index (χ3n) is 4.86. The molecule has 1 aliphatic rings. The molecule has 0 amide bonds. The van der Waals surface area contributed by atoms with E-state index in [1.165, 1.54) is 32.1 Å². The van der Waals surface area contributed by atoms with E-state index in [-0.39, 0.29) is 6.42 Å². The second-order valence-electron chi connectivity index (χ2n) is 6.81. The largest absolute Gasteiger partial charge is 0.479 e. The molecule has 0 aromatic rings. The van der Waals surface area contributed by atoms with Crippen LogP contribution >= 0.6 is 0 Å². The van der Waals surface area contributed by atoms with Crippen LogP contribution in [0.2, 0.25) is 0 Å². The Kier molecular flexibility index (Phi) is 8.89. The Balaban J connectivity index is 2.32. The number of ether oxygens (including phenoxy) is 1. The van der Waals surface area contributed by atoms with Crippen molar-refractivity contribution in [3.8, 4) is 0 Å². The standard InChI is InChI=1S/C18H30O7/c1-2-3-4-5-6-7-8-9-10-11-12-13-16(21)25-14(15(19)20)18(13,24)17(22)23/h13-14,24H,2-12H2,1H3,(H,19,20)(H,22,23)/t13-,14-,18+/m0/s1. The molecule has 25 heavy (non-hydrogen) atoms. The number of cyclic esters (lactones) is 1. The number of aliphatic carboxylic acids is 2. The number of aliphatic hydroxyl groups is 1. The molecular weight excluding hydrogens is 328 g/mol. The lowest BCUT2D eigenvalue weighted by Gasteiger charge is -2.24. The summed E-state index contributed by atoms with van der Waals surface area (Å²) in [7, 11) is 0. The van der Waals surface area contributed by atoms with Gasteiger partial charge in [-0.3, -0.25) is 4.79 Å². The maximum absolute atomic E-state index is 11.8. The van der Waals surface area contributed by atoms with Gasteiger partial charge in [0.15, 0.2) is 0 Å². The minimum Gasteiger partial charge on any atom is -0.479 e. The predicted molar refractivity (Wildman–Crippen MR) is 90.1 cm³/mol. The summed E-state index contributed by atoms with van der Waals surface area (Å²) in [6.07, 6.45) is 8.91. The quantitative estimate of drug-likeness (QED) is 0.342. The van der Waals surface area contributed by atoms with Crippen LogP contribution < -0.4 is 0 Å². The van der Waals surface area contributed by atoms with E-state index in [9.17, 15) is 24.6 Å². The average Bonchev–Trinajstić information content (AvgIpc) is 2.82. The Bertz CT molecular complexity index is 462. The third kappa shape index (κ3) is 5.70. The SMILES string of the molecule is CCCCCCCCCCCC[C@H]1C(=O)O[C@@H](C(=O)O)[C@@]1(O)C(=O)O. The second kappa shape index (κ2) is 10.4. The molecule has 0 aromatic heterocycles. The summed E-state index contributed by atoms with van der Waals surface area (Å²) in [5, 5.41) is 28.4. The molecule has 144 valence electrons. The fraction of sp³-hybridized carbons (Fsp3) is 0.833. The predicted octanol–water partition coefficient (Wildman–Crippen LogP) is 2.74. The van der Waals surface area contributed by atoms with Crippen LogP contribution in [0.5, 0.6) is 0 Å². The van der Waals surface area contributed by atoms with E-state index < -0.39 is 35.5 Å². The van der Waals surface area contributed by atoms with Gasteiger partial charge in [-0.1, -0.05) is 71.1 Å².